The van der Waals surface area contributed by atoms with Gasteiger partial charge in [0.1, 0.15) is 0 Å². The van der Waals surface area contributed by atoms with Crippen molar-refractivity contribution in [1.29, 1.82) is 0 Å². The first-order valence-corrected chi connectivity index (χ1v) is 8.85. The summed E-state index contributed by atoms with van der Waals surface area (Å²) in [6, 6.07) is 25.7. The molecule has 0 aliphatic heterocycles. The van der Waals surface area contributed by atoms with Crippen molar-refractivity contribution < 1.29 is 0 Å². The molecule has 0 saturated heterocycles. The molecule has 0 aliphatic rings. The SMILES string of the molecule is C=Cc1ccc2cc(C)ccc2c1.C=Cc1ccc2cc(C)ccc2c1. The molecule has 0 amide bonds. The van der Waals surface area contributed by atoms with E-state index in [0.29, 0.717) is 0 Å². The minimum Gasteiger partial charge on any atom is -0.0985 e. The van der Waals surface area contributed by atoms with Crippen LogP contribution < -0.4 is 0 Å². The van der Waals surface area contributed by atoms with E-state index in [0.717, 1.165) is 0 Å². The summed E-state index contributed by atoms with van der Waals surface area (Å²) in [7, 11) is 0. The van der Waals surface area contributed by atoms with E-state index in [9.17, 15) is 0 Å². The molecule has 0 nitrogen and oxygen atoms in total. The Labute approximate surface area is 156 Å². The topological polar surface area (TPSA) is 0 Å². The van der Waals surface area contributed by atoms with Crippen molar-refractivity contribution in [3.05, 3.63) is 108 Å². The van der Waals surface area contributed by atoms with Crippen LogP contribution in [0.3, 0.4) is 0 Å². The summed E-state index contributed by atoms with van der Waals surface area (Å²) in [5, 5.41) is 5.15. The number of rotatable bonds is 2. The summed E-state index contributed by atoms with van der Waals surface area (Å²) in [5.74, 6) is 0. The predicted molar refractivity (Wildman–Crippen MR) is 118 cm³/mol. The molecule has 0 radical (unpaired) electrons. The molecule has 0 fully saturated rings. The summed E-state index contributed by atoms with van der Waals surface area (Å²) in [4.78, 5) is 0. The van der Waals surface area contributed by atoms with E-state index < -0.39 is 0 Å². The maximum atomic E-state index is 3.76. The van der Waals surface area contributed by atoms with Gasteiger partial charge in [0.05, 0.1) is 0 Å². The van der Waals surface area contributed by atoms with Gasteiger partial charge in [0.25, 0.3) is 0 Å². The number of hydrogen-bond donors (Lipinski definition) is 0. The lowest BCUT2D eigenvalue weighted by molar-refractivity contribution is 1.50. The Kier molecular flexibility index (Phi) is 5.34. The highest BCUT2D eigenvalue weighted by molar-refractivity contribution is 5.86. The first-order valence-electron chi connectivity index (χ1n) is 8.85. The van der Waals surface area contributed by atoms with E-state index in [1.807, 2.05) is 12.2 Å². The van der Waals surface area contributed by atoms with Crippen LogP contribution in [0.2, 0.25) is 0 Å². The minimum absolute atomic E-state index is 1.18. The monoisotopic (exact) mass is 336 g/mol. The lowest BCUT2D eigenvalue weighted by Gasteiger charge is -2.00. The van der Waals surface area contributed by atoms with Crippen molar-refractivity contribution in [3.8, 4) is 0 Å². The van der Waals surface area contributed by atoms with Gasteiger partial charge < -0.3 is 0 Å². The van der Waals surface area contributed by atoms with Crippen LogP contribution in [0, 0.1) is 13.8 Å². The molecular weight excluding hydrogens is 312 g/mol. The van der Waals surface area contributed by atoms with E-state index in [1.54, 1.807) is 0 Å². The molecule has 128 valence electrons. The average molecular weight is 336 g/mol. The average Bonchev–Trinajstić information content (AvgIpc) is 2.67. The summed E-state index contributed by atoms with van der Waals surface area (Å²) in [6.45, 7) is 11.7. The van der Waals surface area contributed by atoms with E-state index in [2.05, 4.69) is 99.8 Å². The highest BCUT2D eigenvalue weighted by Gasteiger charge is 1.94. The van der Waals surface area contributed by atoms with Crippen molar-refractivity contribution in [2.75, 3.05) is 0 Å². The van der Waals surface area contributed by atoms with Crippen LogP contribution in [0.25, 0.3) is 33.7 Å². The van der Waals surface area contributed by atoms with Gasteiger partial charge in [0.2, 0.25) is 0 Å². The fourth-order valence-corrected chi connectivity index (χ4v) is 3.02. The van der Waals surface area contributed by atoms with E-state index in [4.69, 9.17) is 0 Å². The molecule has 26 heavy (non-hydrogen) atoms. The zero-order valence-electron chi connectivity index (χ0n) is 15.5. The molecule has 0 heterocycles. The van der Waals surface area contributed by atoms with Gasteiger partial charge in [0, 0.05) is 0 Å². The predicted octanol–water partition coefficient (Wildman–Crippen LogP) is 7.58. The lowest BCUT2D eigenvalue weighted by atomic mass is 10.1. The summed E-state index contributed by atoms with van der Waals surface area (Å²) in [5.41, 5.74) is 4.96. The van der Waals surface area contributed by atoms with Crippen LogP contribution in [0.1, 0.15) is 22.3 Å². The standard InChI is InChI=1S/2C13H12/c2*1-3-11-5-7-12-8-10(2)4-6-13(12)9-11/h2*3-9H,1H2,2H3. The molecule has 0 unspecified atom stereocenters. The van der Waals surface area contributed by atoms with Crippen molar-refractivity contribution in [2.24, 2.45) is 0 Å². The number of hydrogen-bond acceptors (Lipinski definition) is 0. The second-order valence-corrected chi connectivity index (χ2v) is 6.63. The lowest BCUT2D eigenvalue weighted by Crippen LogP contribution is -1.76. The number of benzene rings is 4. The van der Waals surface area contributed by atoms with Crippen molar-refractivity contribution >= 4 is 33.7 Å². The van der Waals surface area contributed by atoms with Gasteiger partial charge in [-0.3, -0.25) is 0 Å². The fraction of sp³-hybridized carbons (Fsp3) is 0.0769. The van der Waals surface area contributed by atoms with E-state index in [1.165, 1.54) is 43.8 Å². The summed E-state index contributed by atoms with van der Waals surface area (Å²) >= 11 is 0. The van der Waals surface area contributed by atoms with Crippen LogP contribution in [0.4, 0.5) is 0 Å². The number of aryl methyl sites for hydroxylation is 2. The van der Waals surface area contributed by atoms with Crippen LogP contribution in [-0.2, 0) is 0 Å². The quantitative estimate of drug-likeness (QED) is 0.354. The third-order valence-electron chi connectivity index (χ3n) is 4.51. The maximum Gasteiger partial charge on any atom is -0.0178 e. The molecular formula is C26H24. The Hall–Kier alpha value is -3.12. The van der Waals surface area contributed by atoms with Crippen LogP contribution >= 0.6 is 0 Å². The van der Waals surface area contributed by atoms with Gasteiger partial charge in [-0.1, -0.05) is 97.1 Å². The zero-order chi connectivity index (χ0) is 18.5. The van der Waals surface area contributed by atoms with Gasteiger partial charge in [-0.25, -0.2) is 0 Å². The largest absolute Gasteiger partial charge is 0.0985 e. The first kappa shape index (κ1) is 17.7. The second kappa shape index (κ2) is 7.84. The molecule has 4 rings (SSSR count). The Morgan fingerprint density at radius 3 is 1.23 bits per heavy atom. The zero-order valence-corrected chi connectivity index (χ0v) is 15.5. The van der Waals surface area contributed by atoms with Gasteiger partial charge in [-0.15, -0.1) is 0 Å². The van der Waals surface area contributed by atoms with Gasteiger partial charge in [-0.05, 0) is 58.7 Å². The number of fused-ring (bicyclic) bond motifs is 2. The van der Waals surface area contributed by atoms with Crippen LogP contribution in [0.15, 0.2) is 86.0 Å². The van der Waals surface area contributed by atoms with Gasteiger partial charge in [0.15, 0.2) is 0 Å². The molecule has 0 bridgehead atoms. The van der Waals surface area contributed by atoms with Crippen LogP contribution in [-0.4, -0.2) is 0 Å². The van der Waals surface area contributed by atoms with Gasteiger partial charge in [-0.2, -0.15) is 0 Å². The van der Waals surface area contributed by atoms with E-state index in [-0.39, 0.29) is 0 Å². The summed E-state index contributed by atoms with van der Waals surface area (Å²) in [6.07, 6.45) is 3.75. The first-order chi connectivity index (χ1) is 12.6. The Balaban J connectivity index is 0.000000151. The van der Waals surface area contributed by atoms with Gasteiger partial charge >= 0.3 is 0 Å². The smallest absolute Gasteiger partial charge is 0.0178 e. The molecule has 0 atom stereocenters. The maximum absolute atomic E-state index is 3.76. The van der Waals surface area contributed by atoms with Crippen molar-refractivity contribution in [2.45, 2.75) is 13.8 Å². The highest BCUT2D eigenvalue weighted by Crippen LogP contribution is 2.19. The Morgan fingerprint density at radius 2 is 0.846 bits per heavy atom. The molecule has 0 N–H and O–H groups in total. The molecule has 0 aliphatic carbocycles. The van der Waals surface area contributed by atoms with Crippen LogP contribution in [0.5, 0.6) is 0 Å². The molecule has 0 saturated carbocycles. The summed E-state index contributed by atoms with van der Waals surface area (Å²) < 4.78 is 0. The van der Waals surface area contributed by atoms with Crippen molar-refractivity contribution in [1.82, 2.24) is 0 Å². The van der Waals surface area contributed by atoms with Crippen molar-refractivity contribution in [3.63, 3.8) is 0 Å². The molecule has 0 heteroatoms. The Bertz CT molecular complexity index is 994. The highest BCUT2D eigenvalue weighted by atomic mass is 14.0. The normalized spacial score (nSPS) is 10.2. The molecule has 0 spiro atoms. The Morgan fingerprint density at radius 1 is 0.500 bits per heavy atom. The van der Waals surface area contributed by atoms with E-state index >= 15 is 0 Å². The minimum atomic E-state index is 1.18. The second-order valence-electron chi connectivity index (χ2n) is 6.63. The molecule has 4 aromatic rings. The molecule has 0 aromatic heterocycles. The third-order valence-corrected chi connectivity index (χ3v) is 4.51. The fourth-order valence-electron chi connectivity index (χ4n) is 3.02. The third kappa shape index (κ3) is 4.10. The molecule has 4 aromatic carbocycles.